The van der Waals surface area contributed by atoms with E-state index in [2.05, 4.69) is 15.0 Å². The average Bonchev–Trinajstić information content (AvgIpc) is 2.61. The Morgan fingerprint density at radius 2 is 2.00 bits per heavy atom. The lowest BCUT2D eigenvalue weighted by atomic mass is 10.2. The van der Waals surface area contributed by atoms with E-state index < -0.39 is 23.6 Å². The molecule has 2 rings (SSSR count). The number of nitro benzene ring substituents is 1. The molecule has 0 radical (unpaired) electrons. The van der Waals surface area contributed by atoms with Gasteiger partial charge in [0.15, 0.2) is 6.61 Å². The minimum absolute atomic E-state index is 0.0162. The molecule has 0 aliphatic rings. The van der Waals surface area contributed by atoms with Crippen LogP contribution in [0.4, 0.5) is 24.5 Å². The number of anilines is 1. The van der Waals surface area contributed by atoms with Crippen molar-refractivity contribution in [3.8, 4) is 11.6 Å². The SMILES string of the molecule is CCOc1ccc(NC(=O)c2ccc(OCC(F)(F)F)nc2)c([N+](=O)[O-])c1. The van der Waals surface area contributed by atoms with Crippen LogP contribution in [0.2, 0.25) is 0 Å². The molecule has 1 heterocycles. The number of alkyl halides is 3. The number of rotatable bonds is 7. The van der Waals surface area contributed by atoms with E-state index in [9.17, 15) is 28.1 Å². The average molecular weight is 385 g/mol. The molecule has 0 aliphatic carbocycles. The number of aromatic nitrogens is 1. The van der Waals surface area contributed by atoms with Crippen LogP contribution in [0.3, 0.4) is 0 Å². The van der Waals surface area contributed by atoms with Gasteiger partial charge in [0.05, 0.1) is 23.2 Å². The second-order valence-corrected chi connectivity index (χ2v) is 5.11. The summed E-state index contributed by atoms with van der Waals surface area (Å²) in [6.07, 6.45) is -3.51. The van der Waals surface area contributed by atoms with Gasteiger partial charge in [-0.05, 0) is 25.1 Å². The zero-order chi connectivity index (χ0) is 20.0. The van der Waals surface area contributed by atoms with Crippen molar-refractivity contribution in [3.05, 3.63) is 52.2 Å². The van der Waals surface area contributed by atoms with Crippen LogP contribution >= 0.6 is 0 Å². The quantitative estimate of drug-likeness (QED) is 0.577. The molecule has 1 aromatic carbocycles. The van der Waals surface area contributed by atoms with Gasteiger partial charge in [-0.25, -0.2) is 4.98 Å². The van der Waals surface area contributed by atoms with Gasteiger partial charge in [-0.2, -0.15) is 13.2 Å². The van der Waals surface area contributed by atoms with E-state index in [1.165, 1.54) is 24.3 Å². The highest BCUT2D eigenvalue weighted by Gasteiger charge is 2.28. The van der Waals surface area contributed by atoms with Gasteiger partial charge in [0.1, 0.15) is 11.4 Å². The van der Waals surface area contributed by atoms with E-state index in [0.29, 0.717) is 6.61 Å². The third kappa shape index (κ3) is 5.83. The smallest absolute Gasteiger partial charge is 0.422 e. The van der Waals surface area contributed by atoms with E-state index in [1.54, 1.807) is 6.92 Å². The molecule has 8 nitrogen and oxygen atoms in total. The second-order valence-electron chi connectivity index (χ2n) is 5.11. The summed E-state index contributed by atoms with van der Waals surface area (Å²) >= 11 is 0. The summed E-state index contributed by atoms with van der Waals surface area (Å²) in [5.41, 5.74) is -0.448. The molecule has 1 aromatic heterocycles. The van der Waals surface area contributed by atoms with E-state index in [0.717, 1.165) is 12.3 Å². The lowest BCUT2D eigenvalue weighted by Crippen LogP contribution is -2.19. The van der Waals surface area contributed by atoms with E-state index in [4.69, 9.17) is 4.74 Å². The summed E-state index contributed by atoms with van der Waals surface area (Å²) in [4.78, 5) is 26.3. The maximum Gasteiger partial charge on any atom is 0.422 e. The zero-order valence-electron chi connectivity index (χ0n) is 13.9. The molecule has 0 unspecified atom stereocenters. The fourth-order valence-electron chi connectivity index (χ4n) is 1.97. The molecular formula is C16H14F3N3O5. The van der Waals surface area contributed by atoms with Crippen molar-refractivity contribution in [1.29, 1.82) is 0 Å². The Hall–Kier alpha value is -3.37. The topological polar surface area (TPSA) is 104 Å². The summed E-state index contributed by atoms with van der Waals surface area (Å²) < 4.78 is 45.9. The zero-order valence-corrected chi connectivity index (χ0v) is 13.9. The Bertz CT molecular complexity index is 825. The van der Waals surface area contributed by atoms with E-state index in [1.807, 2.05) is 0 Å². The Morgan fingerprint density at radius 1 is 1.26 bits per heavy atom. The molecular weight excluding hydrogens is 371 g/mol. The number of amides is 1. The summed E-state index contributed by atoms with van der Waals surface area (Å²) in [6, 6.07) is 6.22. The van der Waals surface area contributed by atoms with Gasteiger partial charge in [-0.3, -0.25) is 14.9 Å². The van der Waals surface area contributed by atoms with Gasteiger partial charge < -0.3 is 14.8 Å². The Kier molecular flexibility index (Phi) is 6.16. The Labute approximate surface area is 151 Å². The summed E-state index contributed by atoms with van der Waals surface area (Å²) in [6.45, 7) is 0.526. The van der Waals surface area contributed by atoms with Crippen molar-refractivity contribution in [2.24, 2.45) is 0 Å². The lowest BCUT2D eigenvalue weighted by Gasteiger charge is -2.10. The van der Waals surface area contributed by atoms with Crippen LogP contribution < -0.4 is 14.8 Å². The third-order valence-corrected chi connectivity index (χ3v) is 3.11. The molecule has 0 bridgehead atoms. The van der Waals surface area contributed by atoms with Crippen LogP contribution in [0, 0.1) is 10.1 Å². The number of nitro groups is 1. The highest BCUT2D eigenvalue weighted by molar-refractivity contribution is 6.05. The molecule has 0 aliphatic heterocycles. The lowest BCUT2D eigenvalue weighted by molar-refractivity contribution is -0.384. The molecule has 0 fully saturated rings. The largest absolute Gasteiger partial charge is 0.494 e. The number of nitrogens with one attached hydrogen (secondary N) is 1. The number of hydrogen-bond donors (Lipinski definition) is 1. The first kappa shape index (κ1) is 19.9. The predicted molar refractivity (Wildman–Crippen MR) is 88.0 cm³/mol. The minimum Gasteiger partial charge on any atom is -0.494 e. The van der Waals surface area contributed by atoms with Crippen LogP contribution in [0.25, 0.3) is 0 Å². The standard InChI is InChI=1S/C16H14F3N3O5/c1-2-26-11-4-5-12(13(7-11)22(24)25)21-15(23)10-3-6-14(20-8-10)27-9-16(17,18)19/h3-8H,2,9H2,1H3,(H,21,23). The first-order valence-electron chi connectivity index (χ1n) is 7.58. The summed E-state index contributed by atoms with van der Waals surface area (Å²) in [7, 11) is 0. The number of hydrogen-bond acceptors (Lipinski definition) is 6. The van der Waals surface area contributed by atoms with Crippen molar-refractivity contribution in [1.82, 2.24) is 4.98 Å². The highest BCUT2D eigenvalue weighted by atomic mass is 19.4. The maximum atomic E-state index is 12.2. The molecule has 1 amide bonds. The van der Waals surface area contributed by atoms with Gasteiger partial charge in [0.2, 0.25) is 5.88 Å². The third-order valence-electron chi connectivity index (χ3n) is 3.11. The van der Waals surface area contributed by atoms with Crippen molar-refractivity contribution in [2.45, 2.75) is 13.1 Å². The fourth-order valence-corrected chi connectivity index (χ4v) is 1.97. The Morgan fingerprint density at radius 3 is 2.56 bits per heavy atom. The molecule has 27 heavy (non-hydrogen) atoms. The summed E-state index contributed by atoms with van der Waals surface area (Å²) in [5.74, 6) is -0.761. The number of ether oxygens (including phenoxy) is 2. The molecule has 144 valence electrons. The van der Waals surface area contributed by atoms with Gasteiger partial charge in [-0.15, -0.1) is 0 Å². The first-order valence-corrected chi connectivity index (χ1v) is 7.58. The molecule has 0 spiro atoms. The fraction of sp³-hybridized carbons (Fsp3) is 0.250. The van der Waals surface area contributed by atoms with Crippen molar-refractivity contribution in [3.63, 3.8) is 0 Å². The van der Waals surface area contributed by atoms with Crippen LogP contribution in [0.1, 0.15) is 17.3 Å². The van der Waals surface area contributed by atoms with E-state index in [-0.39, 0.29) is 28.6 Å². The molecule has 0 atom stereocenters. The van der Waals surface area contributed by atoms with Crippen molar-refractivity contribution in [2.75, 3.05) is 18.5 Å². The molecule has 1 N–H and O–H groups in total. The number of carbonyl (C=O) groups excluding carboxylic acids is 1. The summed E-state index contributed by atoms with van der Waals surface area (Å²) in [5, 5.41) is 13.5. The monoisotopic (exact) mass is 385 g/mol. The van der Waals surface area contributed by atoms with Crippen molar-refractivity contribution < 1.29 is 32.4 Å². The van der Waals surface area contributed by atoms with Crippen molar-refractivity contribution >= 4 is 17.3 Å². The highest BCUT2D eigenvalue weighted by Crippen LogP contribution is 2.29. The predicted octanol–water partition coefficient (Wildman–Crippen LogP) is 3.58. The number of pyridine rings is 1. The van der Waals surface area contributed by atoms with E-state index >= 15 is 0 Å². The molecule has 2 aromatic rings. The maximum absolute atomic E-state index is 12.2. The van der Waals surface area contributed by atoms with Crippen LogP contribution in [0.5, 0.6) is 11.6 Å². The van der Waals surface area contributed by atoms with Gasteiger partial charge in [0.25, 0.3) is 11.6 Å². The van der Waals surface area contributed by atoms with Crippen LogP contribution in [-0.4, -0.2) is 35.2 Å². The number of halogens is 3. The van der Waals surface area contributed by atoms with Gasteiger partial charge in [0, 0.05) is 12.3 Å². The van der Waals surface area contributed by atoms with Gasteiger partial charge >= 0.3 is 6.18 Å². The number of carbonyl (C=O) groups is 1. The molecule has 0 saturated heterocycles. The Balaban J connectivity index is 2.11. The van der Waals surface area contributed by atoms with Crippen LogP contribution in [-0.2, 0) is 0 Å². The second kappa shape index (κ2) is 8.34. The normalized spacial score (nSPS) is 11.0. The van der Waals surface area contributed by atoms with Crippen LogP contribution in [0.15, 0.2) is 36.5 Å². The number of benzene rings is 1. The minimum atomic E-state index is -4.51. The number of nitrogens with zero attached hydrogens (tertiary/aromatic N) is 2. The molecule has 0 saturated carbocycles. The molecule has 11 heteroatoms. The van der Waals surface area contributed by atoms with Gasteiger partial charge in [-0.1, -0.05) is 0 Å². The first-order chi connectivity index (χ1) is 12.7.